The van der Waals surface area contributed by atoms with Crippen molar-refractivity contribution in [3.05, 3.63) is 69.8 Å². The van der Waals surface area contributed by atoms with E-state index in [1.807, 2.05) is 6.92 Å². The Morgan fingerprint density at radius 1 is 1.12 bits per heavy atom. The Morgan fingerprint density at radius 2 is 1.77 bits per heavy atom. The first-order valence-corrected chi connectivity index (χ1v) is 8.86. The lowest BCUT2D eigenvalue weighted by Gasteiger charge is -2.15. The van der Waals surface area contributed by atoms with E-state index in [4.69, 9.17) is 0 Å². The summed E-state index contributed by atoms with van der Waals surface area (Å²) in [6, 6.07) is 14.5. The molecule has 0 bridgehead atoms. The van der Waals surface area contributed by atoms with Crippen molar-refractivity contribution >= 4 is 17.3 Å². The fourth-order valence-corrected chi connectivity index (χ4v) is 2.62. The molecule has 0 fully saturated rings. The topological polar surface area (TPSA) is 84.3 Å². The van der Waals surface area contributed by atoms with E-state index < -0.39 is 4.92 Å². The lowest BCUT2D eigenvalue weighted by molar-refractivity contribution is -0.384. The van der Waals surface area contributed by atoms with Crippen LogP contribution >= 0.6 is 0 Å². The van der Waals surface area contributed by atoms with Gasteiger partial charge in [-0.25, -0.2) is 0 Å². The van der Waals surface area contributed by atoms with Crippen LogP contribution in [0, 0.1) is 10.1 Å². The van der Waals surface area contributed by atoms with Crippen LogP contribution < -0.4 is 10.6 Å². The second-order valence-electron chi connectivity index (χ2n) is 6.22. The fraction of sp³-hybridized carbons (Fsp3) is 0.350. The van der Waals surface area contributed by atoms with Crippen LogP contribution in [0.25, 0.3) is 0 Å². The highest BCUT2D eigenvalue weighted by atomic mass is 16.6. The molecule has 1 amide bonds. The predicted molar refractivity (Wildman–Crippen MR) is 103 cm³/mol. The summed E-state index contributed by atoms with van der Waals surface area (Å²) < 4.78 is 0. The Hall–Kier alpha value is -2.89. The molecule has 0 aromatic heterocycles. The quantitative estimate of drug-likeness (QED) is 0.400. The highest BCUT2D eigenvalue weighted by molar-refractivity contribution is 5.76. The van der Waals surface area contributed by atoms with Gasteiger partial charge in [-0.15, -0.1) is 0 Å². The molecule has 0 aliphatic carbocycles. The number of nitro benzene ring substituents is 1. The molecule has 2 N–H and O–H groups in total. The summed E-state index contributed by atoms with van der Waals surface area (Å²) in [5, 5.41) is 16.8. The predicted octanol–water partition coefficient (Wildman–Crippen LogP) is 4.23. The van der Waals surface area contributed by atoms with Crippen molar-refractivity contribution in [3.8, 4) is 0 Å². The van der Waals surface area contributed by atoms with Crippen molar-refractivity contribution < 1.29 is 9.72 Å². The van der Waals surface area contributed by atoms with E-state index in [2.05, 4.69) is 41.8 Å². The van der Waals surface area contributed by atoms with Gasteiger partial charge in [0, 0.05) is 30.8 Å². The second-order valence-corrected chi connectivity index (χ2v) is 6.22. The molecule has 2 rings (SSSR count). The molecule has 0 spiro atoms. The van der Waals surface area contributed by atoms with Gasteiger partial charge in [0.25, 0.3) is 5.69 Å². The number of amides is 1. The van der Waals surface area contributed by atoms with E-state index in [-0.39, 0.29) is 17.6 Å². The van der Waals surface area contributed by atoms with Crippen LogP contribution in [-0.2, 0) is 11.2 Å². The molecule has 6 nitrogen and oxygen atoms in total. The van der Waals surface area contributed by atoms with Crippen molar-refractivity contribution in [2.24, 2.45) is 0 Å². The molecule has 0 saturated heterocycles. The molecule has 1 unspecified atom stereocenters. The minimum atomic E-state index is -0.426. The number of benzene rings is 2. The van der Waals surface area contributed by atoms with Crippen molar-refractivity contribution in [2.75, 3.05) is 11.9 Å². The van der Waals surface area contributed by atoms with Crippen molar-refractivity contribution in [1.29, 1.82) is 0 Å². The number of aryl methyl sites for hydroxylation is 1. The minimum Gasteiger partial charge on any atom is -0.385 e. The van der Waals surface area contributed by atoms with Crippen LogP contribution in [0.1, 0.15) is 43.9 Å². The number of nitrogens with zero attached hydrogens (tertiary/aromatic N) is 1. The van der Waals surface area contributed by atoms with Crippen LogP contribution in [0.15, 0.2) is 48.5 Å². The molecule has 138 valence electrons. The molecule has 26 heavy (non-hydrogen) atoms. The Bertz CT molecular complexity index is 727. The van der Waals surface area contributed by atoms with Gasteiger partial charge in [-0.3, -0.25) is 14.9 Å². The molecule has 0 aliphatic rings. The van der Waals surface area contributed by atoms with E-state index in [0.29, 0.717) is 19.4 Å². The highest BCUT2D eigenvalue weighted by Gasteiger charge is 2.09. The minimum absolute atomic E-state index is 0.0163. The summed E-state index contributed by atoms with van der Waals surface area (Å²) >= 11 is 0. The Morgan fingerprint density at radius 3 is 2.35 bits per heavy atom. The molecular weight excluding hydrogens is 330 g/mol. The van der Waals surface area contributed by atoms with Crippen LogP contribution in [0.5, 0.6) is 0 Å². The summed E-state index contributed by atoms with van der Waals surface area (Å²) in [6.07, 6.45) is 2.12. The first-order chi connectivity index (χ1) is 12.5. The summed E-state index contributed by atoms with van der Waals surface area (Å²) in [6.45, 7) is 4.73. The fourth-order valence-electron chi connectivity index (χ4n) is 2.62. The van der Waals surface area contributed by atoms with Crippen LogP contribution in [0.4, 0.5) is 11.4 Å². The number of hydrogen-bond donors (Lipinski definition) is 2. The maximum Gasteiger partial charge on any atom is 0.269 e. The summed E-state index contributed by atoms with van der Waals surface area (Å²) in [5.41, 5.74) is 3.25. The average molecular weight is 355 g/mol. The Labute approximate surface area is 153 Å². The van der Waals surface area contributed by atoms with E-state index in [1.54, 1.807) is 12.1 Å². The van der Waals surface area contributed by atoms with E-state index in [1.165, 1.54) is 17.7 Å². The standard InChI is InChI=1S/C20H25N3O3/c1-3-16-6-8-17(9-7-16)15(2)22-20(24)5-4-14-21-18-10-12-19(13-11-18)23(25)26/h6-13,15,21H,3-5,14H2,1-2H3,(H,22,24). The number of nitrogens with one attached hydrogen (secondary N) is 2. The molecule has 6 heteroatoms. The maximum atomic E-state index is 12.1. The summed E-state index contributed by atoms with van der Waals surface area (Å²) in [5.74, 6) is 0.0163. The Balaban J connectivity index is 1.70. The molecule has 1 atom stereocenters. The van der Waals surface area contributed by atoms with Gasteiger partial charge in [0.05, 0.1) is 11.0 Å². The molecule has 2 aromatic rings. The number of hydrogen-bond acceptors (Lipinski definition) is 4. The molecule has 2 aromatic carbocycles. The van der Waals surface area contributed by atoms with Crippen LogP contribution in [-0.4, -0.2) is 17.4 Å². The smallest absolute Gasteiger partial charge is 0.269 e. The molecule has 0 saturated carbocycles. The first kappa shape index (κ1) is 19.4. The second kappa shape index (κ2) is 9.56. The SMILES string of the molecule is CCc1ccc(C(C)NC(=O)CCCNc2ccc([N+](=O)[O-])cc2)cc1. The lowest BCUT2D eigenvalue weighted by atomic mass is 10.0. The summed E-state index contributed by atoms with van der Waals surface area (Å²) in [4.78, 5) is 22.3. The third-order valence-electron chi connectivity index (χ3n) is 4.25. The van der Waals surface area contributed by atoms with Gasteiger partial charge >= 0.3 is 0 Å². The van der Waals surface area contributed by atoms with Gasteiger partial charge in [-0.2, -0.15) is 0 Å². The number of non-ortho nitro benzene ring substituents is 1. The van der Waals surface area contributed by atoms with Crippen LogP contribution in [0.2, 0.25) is 0 Å². The van der Waals surface area contributed by atoms with Crippen molar-refractivity contribution in [3.63, 3.8) is 0 Å². The van der Waals surface area contributed by atoms with Crippen molar-refractivity contribution in [1.82, 2.24) is 5.32 Å². The molecule has 0 heterocycles. The maximum absolute atomic E-state index is 12.1. The third kappa shape index (κ3) is 5.88. The lowest BCUT2D eigenvalue weighted by Crippen LogP contribution is -2.26. The highest BCUT2D eigenvalue weighted by Crippen LogP contribution is 2.16. The van der Waals surface area contributed by atoms with Gasteiger partial charge in [-0.1, -0.05) is 31.2 Å². The van der Waals surface area contributed by atoms with Gasteiger partial charge in [0.2, 0.25) is 5.91 Å². The van der Waals surface area contributed by atoms with Crippen molar-refractivity contribution in [2.45, 2.75) is 39.2 Å². The average Bonchev–Trinajstić information content (AvgIpc) is 2.65. The Kier molecular flexibility index (Phi) is 7.14. The molecule has 0 radical (unpaired) electrons. The summed E-state index contributed by atoms with van der Waals surface area (Å²) in [7, 11) is 0. The van der Waals surface area contributed by atoms with Gasteiger partial charge in [0.1, 0.15) is 0 Å². The first-order valence-electron chi connectivity index (χ1n) is 8.86. The zero-order chi connectivity index (χ0) is 18.9. The number of anilines is 1. The zero-order valence-electron chi connectivity index (χ0n) is 15.2. The zero-order valence-corrected chi connectivity index (χ0v) is 15.2. The largest absolute Gasteiger partial charge is 0.385 e. The number of carbonyl (C=O) groups excluding carboxylic acids is 1. The normalized spacial score (nSPS) is 11.6. The number of carbonyl (C=O) groups is 1. The van der Waals surface area contributed by atoms with Gasteiger partial charge in [-0.05, 0) is 43.0 Å². The number of nitro groups is 1. The van der Waals surface area contributed by atoms with Crippen LogP contribution in [0.3, 0.4) is 0 Å². The van der Waals surface area contributed by atoms with Gasteiger partial charge in [0.15, 0.2) is 0 Å². The molecule has 0 aliphatic heterocycles. The van der Waals surface area contributed by atoms with Gasteiger partial charge < -0.3 is 10.6 Å². The van der Waals surface area contributed by atoms with E-state index in [0.717, 1.165) is 17.7 Å². The van der Waals surface area contributed by atoms with E-state index in [9.17, 15) is 14.9 Å². The van der Waals surface area contributed by atoms with E-state index >= 15 is 0 Å². The number of rotatable bonds is 9. The molecular formula is C20H25N3O3. The third-order valence-corrected chi connectivity index (χ3v) is 4.25. The monoisotopic (exact) mass is 355 g/mol.